The van der Waals surface area contributed by atoms with Crippen LogP contribution in [0.5, 0.6) is 0 Å². The molecule has 0 amide bonds. The van der Waals surface area contributed by atoms with Crippen LogP contribution < -0.4 is 0 Å². The predicted molar refractivity (Wildman–Crippen MR) is 114 cm³/mol. The van der Waals surface area contributed by atoms with Crippen molar-refractivity contribution in [3.05, 3.63) is 72.8 Å². The highest BCUT2D eigenvalue weighted by Crippen LogP contribution is 2.34. The van der Waals surface area contributed by atoms with Gasteiger partial charge in [0.1, 0.15) is 0 Å². The number of rotatable bonds is 6. The fourth-order valence-corrected chi connectivity index (χ4v) is 5.58. The Labute approximate surface area is 181 Å². The van der Waals surface area contributed by atoms with Crippen LogP contribution in [0.2, 0.25) is 0 Å². The van der Waals surface area contributed by atoms with Gasteiger partial charge in [-0.25, -0.2) is 16.8 Å². The van der Waals surface area contributed by atoms with Gasteiger partial charge in [0.2, 0.25) is 0 Å². The van der Waals surface area contributed by atoms with Gasteiger partial charge in [-0.3, -0.25) is 0 Å². The predicted octanol–water partition coefficient (Wildman–Crippen LogP) is 5.84. The molecule has 0 saturated carbocycles. The molecule has 10 heteroatoms. The van der Waals surface area contributed by atoms with Gasteiger partial charge in [0.05, 0.1) is 9.79 Å². The van der Waals surface area contributed by atoms with E-state index in [-0.39, 0.29) is 9.79 Å². The SMILES string of the molecule is O=S(=O)(Cl)c1ccc(Sc2cccc(Sc3ccc(S(=O)(=O)Cl)cc3)c2)cc1. The minimum atomic E-state index is -3.73. The van der Waals surface area contributed by atoms with Crippen LogP contribution >= 0.6 is 44.9 Å². The summed E-state index contributed by atoms with van der Waals surface area (Å²) in [6, 6.07) is 20.5. The Morgan fingerprint density at radius 3 is 1.21 bits per heavy atom. The van der Waals surface area contributed by atoms with Crippen molar-refractivity contribution in [1.29, 1.82) is 0 Å². The van der Waals surface area contributed by atoms with Crippen LogP contribution in [0, 0.1) is 0 Å². The lowest BCUT2D eigenvalue weighted by atomic mass is 10.4. The smallest absolute Gasteiger partial charge is 0.207 e. The third-order valence-electron chi connectivity index (χ3n) is 3.49. The highest BCUT2D eigenvalue weighted by Gasteiger charge is 2.11. The van der Waals surface area contributed by atoms with E-state index >= 15 is 0 Å². The maximum Gasteiger partial charge on any atom is 0.261 e. The van der Waals surface area contributed by atoms with Gasteiger partial charge in [0, 0.05) is 40.9 Å². The van der Waals surface area contributed by atoms with Crippen molar-refractivity contribution in [3.8, 4) is 0 Å². The Morgan fingerprint density at radius 1 is 0.536 bits per heavy atom. The minimum Gasteiger partial charge on any atom is -0.207 e. The monoisotopic (exact) mass is 490 g/mol. The molecule has 0 aromatic heterocycles. The van der Waals surface area contributed by atoms with Crippen LogP contribution in [0.1, 0.15) is 0 Å². The fourth-order valence-electron chi connectivity index (χ4n) is 2.21. The van der Waals surface area contributed by atoms with E-state index in [0.29, 0.717) is 0 Å². The lowest BCUT2D eigenvalue weighted by Crippen LogP contribution is -1.89. The summed E-state index contributed by atoms with van der Waals surface area (Å²) < 4.78 is 45.2. The molecule has 146 valence electrons. The van der Waals surface area contributed by atoms with Crippen LogP contribution in [0.25, 0.3) is 0 Å². The molecule has 0 aliphatic heterocycles. The zero-order valence-electron chi connectivity index (χ0n) is 14.0. The van der Waals surface area contributed by atoms with Crippen LogP contribution in [0.4, 0.5) is 0 Å². The first kappa shape index (κ1) is 21.5. The van der Waals surface area contributed by atoms with E-state index in [0.717, 1.165) is 19.6 Å². The van der Waals surface area contributed by atoms with Gasteiger partial charge < -0.3 is 0 Å². The van der Waals surface area contributed by atoms with Gasteiger partial charge in [-0.15, -0.1) is 0 Å². The van der Waals surface area contributed by atoms with Crippen LogP contribution in [-0.2, 0) is 18.1 Å². The molecule has 3 rings (SSSR count). The summed E-state index contributed by atoms with van der Waals surface area (Å²) in [4.78, 5) is 3.83. The second-order valence-electron chi connectivity index (χ2n) is 5.50. The topological polar surface area (TPSA) is 68.3 Å². The molecule has 0 fully saturated rings. The maximum absolute atomic E-state index is 11.3. The standard InChI is InChI=1S/C18H12Cl2O4S4/c19-27(21,22)17-8-4-13(5-9-17)25-15-2-1-3-16(12-15)26-14-6-10-18(11-7-14)28(20,23)24/h1-12H. The first-order chi connectivity index (χ1) is 13.1. The Kier molecular flexibility index (Phi) is 6.69. The molecule has 0 saturated heterocycles. The van der Waals surface area contributed by atoms with Crippen LogP contribution in [0.3, 0.4) is 0 Å². The molecule has 0 heterocycles. The molecule has 4 nitrogen and oxygen atoms in total. The van der Waals surface area contributed by atoms with Gasteiger partial charge in [0.15, 0.2) is 0 Å². The van der Waals surface area contributed by atoms with Crippen molar-refractivity contribution < 1.29 is 16.8 Å². The molecule has 0 bridgehead atoms. The molecule has 0 aliphatic rings. The molecule has 0 N–H and O–H groups in total. The van der Waals surface area contributed by atoms with Crippen molar-refractivity contribution in [2.24, 2.45) is 0 Å². The van der Waals surface area contributed by atoms with Gasteiger partial charge in [-0.1, -0.05) is 29.6 Å². The van der Waals surface area contributed by atoms with E-state index in [2.05, 4.69) is 0 Å². The summed E-state index contributed by atoms with van der Waals surface area (Å²) in [5.41, 5.74) is 0. The first-order valence-corrected chi connectivity index (χ1v) is 13.9. The van der Waals surface area contributed by atoms with E-state index in [1.165, 1.54) is 47.8 Å². The zero-order valence-corrected chi connectivity index (χ0v) is 18.7. The summed E-state index contributed by atoms with van der Waals surface area (Å²) >= 11 is 2.98. The van der Waals surface area contributed by atoms with Gasteiger partial charge in [-0.05, 0) is 66.7 Å². The second kappa shape index (κ2) is 8.69. The Hall–Kier alpha value is -1.16. The number of halogens is 2. The molecular formula is C18H12Cl2O4S4. The Morgan fingerprint density at radius 2 is 0.893 bits per heavy atom. The van der Waals surface area contributed by atoms with Gasteiger partial charge in [-0.2, -0.15) is 0 Å². The average Bonchev–Trinajstić information content (AvgIpc) is 2.61. The third-order valence-corrected chi connectivity index (χ3v) is 8.22. The highest BCUT2D eigenvalue weighted by atomic mass is 35.7. The molecule has 0 radical (unpaired) electrons. The molecule has 0 unspecified atom stereocenters. The minimum absolute atomic E-state index is 0.0604. The van der Waals surface area contributed by atoms with E-state index < -0.39 is 18.1 Å². The molecular weight excluding hydrogens is 479 g/mol. The lowest BCUT2D eigenvalue weighted by molar-refractivity contribution is 0.608. The number of hydrogen-bond donors (Lipinski definition) is 0. The largest absolute Gasteiger partial charge is 0.261 e. The summed E-state index contributed by atoms with van der Waals surface area (Å²) in [5.74, 6) is 0. The van der Waals surface area contributed by atoms with E-state index in [9.17, 15) is 16.8 Å². The molecule has 3 aromatic carbocycles. The van der Waals surface area contributed by atoms with E-state index in [1.807, 2.05) is 24.3 Å². The molecule has 0 spiro atoms. The van der Waals surface area contributed by atoms with Crippen molar-refractivity contribution in [2.45, 2.75) is 29.4 Å². The zero-order chi connectivity index (χ0) is 20.4. The molecule has 0 atom stereocenters. The van der Waals surface area contributed by atoms with Crippen molar-refractivity contribution in [1.82, 2.24) is 0 Å². The summed E-state index contributed by atoms with van der Waals surface area (Å²) in [6.07, 6.45) is 0. The Balaban J connectivity index is 1.73. The quantitative estimate of drug-likeness (QED) is 0.404. The summed E-state index contributed by atoms with van der Waals surface area (Å²) in [5, 5.41) is 0. The third kappa shape index (κ3) is 5.92. The highest BCUT2D eigenvalue weighted by molar-refractivity contribution is 8.14. The van der Waals surface area contributed by atoms with Crippen LogP contribution in [-0.4, -0.2) is 16.8 Å². The van der Waals surface area contributed by atoms with Crippen LogP contribution in [0.15, 0.2) is 102 Å². The molecule has 28 heavy (non-hydrogen) atoms. The van der Waals surface area contributed by atoms with Crippen molar-refractivity contribution in [2.75, 3.05) is 0 Å². The van der Waals surface area contributed by atoms with E-state index in [4.69, 9.17) is 21.4 Å². The van der Waals surface area contributed by atoms with Gasteiger partial charge >= 0.3 is 0 Å². The number of hydrogen-bond acceptors (Lipinski definition) is 6. The van der Waals surface area contributed by atoms with Crippen molar-refractivity contribution in [3.63, 3.8) is 0 Å². The van der Waals surface area contributed by atoms with E-state index in [1.54, 1.807) is 24.3 Å². The first-order valence-electron chi connectivity index (χ1n) is 7.66. The molecule has 3 aromatic rings. The van der Waals surface area contributed by atoms with Gasteiger partial charge in [0.25, 0.3) is 18.1 Å². The Bertz CT molecular complexity index is 1100. The second-order valence-corrected chi connectivity index (χ2v) is 12.9. The fraction of sp³-hybridized carbons (Fsp3) is 0. The normalized spacial score (nSPS) is 12.1. The lowest BCUT2D eigenvalue weighted by Gasteiger charge is -2.06. The summed E-state index contributed by atoms with van der Waals surface area (Å²) in [7, 11) is 3.19. The number of benzene rings is 3. The maximum atomic E-state index is 11.3. The summed E-state index contributed by atoms with van der Waals surface area (Å²) in [6.45, 7) is 0. The average molecular weight is 491 g/mol. The van der Waals surface area contributed by atoms with Crippen molar-refractivity contribution >= 4 is 63.0 Å². The molecule has 0 aliphatic carbocycles.